The van der Waals surface area contributed by atoms with Crippen molar-refractivity contribution in [3.05, 3.63) is 0 Å². The summed E-state index contributed by atoms with van der Waals surface area (Å²) in [6, 6.07) is 0. The topological polar surface area (TPSA) is 169 Å². The third-order valence-electron chi connectivity index (χ3n) is 3.63. The summed E-state index contributed by atoms with van der Waals surface area (Å²) in [7, 11) is 0. The highest BCUT2D eigenvalue weighted by Crippen LogP contribution is 2.12. The van der Waals surface area contributed by atoms with E-state index in [0.29, 0.717) is 4.90 Å². The van der Waals surface area contributed by atoms with Crippen molar-refractivity contribution in [2.75, 3.05) is 39.5 Å². The van der Waals surface area contributed by atoms with Crippen LogP contribution >= 0.6 is 0 Å². The Labute approximate surface area is 172 Å². The molecule has 1 aliphatic rings. The van der Waals surface area contributed by atoms with Gasteiger partial charge in [-0.05, 0) is 0 Å². The van der Waals surface area contributed by atoms with E-state index in [1.165, 1.54) is 13.8 Å². The normalized spacial score (nSPS) is 13.2. The number of imide groups is 3. The molecule has 3 N–H and O–H groups in total. The van der Waals surface area contributed by atoms with Crippen molar-refractivity contribution < 1.29 is 43.0 Å². The van der Waals surface area contributed by atoms with Crippen molar-refractivity contribution in [1.82, 2.24) is 20.9 Å². The Kier molecular flexibility index (Phi) is 10.8. The van der Waals surface area contributed by atoms with E-state index in [1.54, 1.807) is 0 Å². The second-order valence-corrected chi connectivity index (χ2v) is 6.18. The van der Waals surface area contributed by atoms with E-state index in [4.69, 9.17) is 14.2 Å². The summed E-state index contributed by atoms with van der Waals surface area (Å²) in [5.74, 6) is -1.80. The van der Waals surface area contributed by atoms with E-state index in [9.17, 15) is 28.8 Å². The molecule has 1 rings (SSSR count). The minimum absolute atomic E-state index is 0.00756. The molecular weight excluding hydrogens is 404 g/mol. The van der Waals surface area contributed by atoms with Crippen LogP contribution < -0.4 is 16.0 Å². The zero-order valence-electron chi connectivity index (χ0n) is 16.9. The van der Waals surface area contributed by atoms with Gasteiger partial charge in [-0.15, -0.1) is 0 Å². The molecule has 6 amide bonds. The molecule has 30 heavy (non-hydrogen) atoms. The fourth-order valence-electron chi connectivity index (χ4n) is 2.22. The zero-order valence-corrected chi connectivity index (χ0v) is 16.9. The van der Waals surface area contributed by atoms with Gasteiger partial charge in [0.25, 0.3) is 0 Å². The van der Waals surface area contributed by atoms with E-state index >= 15 is 0 Å². The van der Waals surface area contributed by atoms with Crippen LogP contribution in [-0.2, 0) is 33.4 Å². The SMILES string of the molecule is CC(=O)NCC(CNC(C)=O)OC(=O)NCCOCCOC(=O)N1C(=O)CCC1=O. The van der Waals surface area contributed by atoms with Crippen LogP contribution in [0.5, 0.6) is 0 Å². The Hall–Kier alpha value is -3.22. The first-order valence-electron chi connectivity index (χ1n) is 9.24. The molecule has 1 fully saturated rings. The number of ether oxygens (including phenoxy) is 3. The van der Waals surface area contributed by atoms with Crippen LogP contribution in [0.3, 0.4) is 0 Å². The average molecular weight is 430 g/mol. The maximum atomic E-state index is 11.8. The maximum absolute atomic E-state index is 11.8. The van der Waals surface area contributed by atoms with Crippen LogP contribution in [0.2, 0.25) is 0 Å². The van der Waals surface area contributed by atoms with Gasteiger partial charge in [0.05, 0.1) is 26.3 Å². The zero-order chi connectivity index (χ0) is 22.5. The van der Waals surface area contributed by atoms with Crippen molar-refractivity contribution >= 4 is 35.8 Å². The lowest BCUT2D eigenvalue weighted by Gasteiger charge is -2.18. The van der Waals surface area contributed by atoms with Crippen LogP contribution in [0.15, 0.2) is 0 Å². The second-order valence-electron chi connectivity index (χ2n) is 6.18. The molecular formula is C17H26N4O9. The largest absolute Gasteiger partial charge is 0.446 e. The number of nitrogens with zero attached hydrogens (tertiary/aromatic N) is 1. The molecule has 0 radical (unpaired) electrons. The molecule has 1 saturated heterocycles. The lowest BCUT2D eigenvalue weighted by atomic mass is 10.3. The molecule has 0 spiro atoms. The van der Waals surface area contributed by atoms with Gasteiger partial charge in [-0.2, -0.15) is 4.90 Å². The monoisotopic (exact) mass is 430 g/mol. The highest BCUT2D eigenvalue weighted by atomic mass is 16.6. The number of carbonyl (C=O) groups is 6. The van der Waals surface area contributed by atoms with Crippen molar-refractivity contribution in [3.8, 4) is 0 Å². The summed E-state index contributed by atoms with van der Waals surface area (Å²) in [5.41, 5.74) is 0. The van der Waals surface area contributed by atoms with Crippen LogP contribution in [-0.4, -0.2) is 86.3 Å². The van der Waals surface area contributed by atoms with Crippen molar-refractivity contribution in [2.24, 2.45) is 0 Å². The first-order chi connectivity index (χ1) is 14.2. The molecule has 13 heteroatoms. The summed E-state index contributed by atoms with van der Waals surface area (Å²) >= 11 is 0. The molecule has 0 bridgehead atoms. The summed E-state index contributed by atoms with van der Waals surface area (Å²) in [4.78, 5) is 68.6. The molecule has 0 aromatic carbocycles. The first kappa shape index (κ1) is 24.8. The van der Waals surface area contributed by atoms with E-state index in [-0.39, 0.29) is 64.1 Å². The van der Waals surface area contributed by atoms with Crippen molar-refractivity contribution in [3.63, 3.8) is 0 Å². The minimum Gasteiger partial charge on any atom is -0.446 e. The number of alkyl carbamates (subject to hydrolysis) is 1. The lowest BCUT2D eigenvalue weighted by molar-refractivity contribution is -0.136. The Morgan fingerprint density at radius 1 is 0.900 bits per heavy atom. The third kappa shape index (κ3) is 9.82. The number of nitrogens with one attached hydrogen (secondary N) is 3. The van der Waals surface area contributed by atoms with E-state index < -0.39 is 30.1 Å². The fourth-order valence-corrected chi connectivity index (χ4v) is 2.22. The summed E-state index contributed by atoms with van der Waals surface area (Å²) in [6.07, 6.45) is -2.58. The smallest absolute Gasteiger partial charge is 0.423 e. The van der Waals surface area contributed by atoms with E-state index in [2.05, 4.69) is 16.0 Å². The molecule has 168 valence electrons. The Morgan fingerprint density at radius 3 is 2.00 bits per heavy atom. The van der Waals surface area contributed by atoms with Crippen molar-refractivity contribution in [1.29, 1.82) is 0 Å². The molecule has 0 aromatic rings. The number of hydrogen-bond donors (Lipinski definition) is 3. The Bertz CT molecular complexity index is 634. The molecule has 0 unspecified atom stereocenters. The molecule has 0 atom stereocenters. The number of carbonyl (C=O) groups excluding carboxylic acids is 6. The summed E-state index contributed by atoms with van der Waals surface area (Å²) < 4.78 is 15.1. The van der Waals surface area contributed by atoms with Gasteiger partial charge < -0.3 is 30.2 Å². The van der Waals surface area contributed by atoms with Crippen molar-refractivity contribution in [2.45, 2.75) is 32.8 Å². The predicted molar refractivity (Wildman–Crippen MR) is 98.9 cm³/mol. The van der Waals surface area contributed by atoms with Gasteiger partial charge >= 0.3 is 12.2 Å². The quantitative estimate of drug-likeness (QED) is 0.265. The van der Waals surface area contributed by atoms with E-state index in [0.717, 1.165) is 0 Å². The van der Waals surface area contributed by atoms with Gasteiger partial charge in [-0.1, -0.05) is 0 Å². The van der Waals surface area contributed by atoms with Crippen LogP contribution in [0.1, 0.15) is 26.7 Å². The Morgan fingerprint density at radius 2 is 1.47 bits per heavy atom. The van der Waals surface area contributed by atoms with E-state index in [1.807, 2.05) is 0 Å². The molecule has 0 aromatic heterocycles. The molecule has 1 heterocycles. The minimum atomic E-state index is -1.03. The molecule has 0 aliphatic carbocycles. The fraction of sp³-hybridized carbons (Fsp3) is 0.647. The van der Waals surface area contributed by atoms with Crippen LogP contribution in [0.25, 0.3) is 0 Å². The Balaban J connectivity index is 2.16. The highest BCUT2D eigenvalue weighted by Gasteiger charge is 2.35. The standard InChI is InChI=1S/C17H26N4O9/c1-11(22)19-9-13(10-20-12(2)23)30-16(26)18-5-6-28-7-8-29-17(27)21-14(24)3-4-15(21)25/h13H,3-10H2,1-2H3,(H,18,26)(H,19,22)(H,20,23). The summed E-state index contributed by atoms with van der Waals surface area (Å²) in [6.45, 7) is 2.68. The van der Waals surface area contributed by atoms with Gasteiger partial charge in [0.2, 0.25) is 23.6 Å². The van der Waals surface area contributed by atoms with Gasteiger partial charge in [0.15, 0.2) is 0 Å². The number of likely N-dealkylation sites (tertiary alicyclic amines) is 1. The van der Waals surface area contributed by atoms with Crippen LogP contribution in [0.4, 0.5) is 9.59 Å². The van der Waals surface area contributed by atoms with Crippen LogP contribution in [0, 0.1) is 0 Å². The first-order valence-corrected chi connectivity index (χ1v) is 9.24. The maximum Gasteiger partial charge on any atom is 0.423 e. The number of amides is 6. The lowest BCUT2D eigenvalue weighted by Crippen LogP contribution is -2.43. The average Bonchev–Trinajstić information content (AvgIpc) is 3.01. The van der Waals surface area contributed by atoms with Gasteiger partial charge in [-0.3, -0.25) is 19.2 Å². The molecule has 0 saturated carbocycles. The third-order valence-corrected chi connectivity index (χ3v) is 3.63. The van der Waals surface area contributed by atoms with Gasteiger partial charge in [-0.25, -0.2) is 9.59 Å². The van der Waals surface area contributed by atoms with Gasteiger partial charge in [0, 0.05) is 33.2 Å². The molecule has 1 aliphatic heterocycles. The molecule has 13 nitrogen and oxygen atoms in total. The highest BCUT2D eigenvalue weighted by molar-refractivity contribution is 6.13. The number of hydrogen-bond acceptors (Lipinski definition) is 9. The van der Waals surface area contributed by atoms with Gasteiger partial charge in [0.1, 0.15) is 12.7 Å². The predicted octanol–water partition coefficient (Wildman–Crippen LogP) is -1.34. The second kappa shape index (κ2) is 13.1. The summed E-state index contributed by atoms with van der Waals surface area (Å²) in [5, 5.41) is 7.41. The number of rotatable bonds is 11.